The molecule has 1 spiro atoms. The molecule has 1 aromatic carbocycles. The molecule has 0 bridgehead atoms. The summed E-state index contributed by atoms with van der Waals surface area (Å²) in [5.41, 5.74) is -0.636. The number of carbonyl (C=O) groups excluding carboxylic acids is 2. The zero-order valence-corrected chi connectivity index (χ0v) is 11.5. The second kappa shape index (κ2) is 4.03. The quantitative estimate of drug-likeness (QED) is 0.357. The number of non-ortho nitro benzene ring substituents is 1. The second-order valence-corrected chi connectivity index (χ2v) is 5.76. The van der Waals surface area contributed by atoms with Gasteiger partial charge in [0.1, 0.15) is 0 Å². The number of hydrogen-bond donors (Lipinski definition) is 0. The smallest absolute Gasteiger partial charge is 0.327 e. The molecule has 1 saturated heterocycles. The molecule has 1 aromatic rings. The first kappa shape index (κ1) is 13.5. The maximum absolute atomic E-state index is 12.1. The van der Waals surface area contributed by atoms with Gasteiger partial charge in [0, 0.05) is 31.9 Å². The van der Waals surface area contributed by atoms with Crippen LogP contribution in [0.1, 0.15) is 31.7 Å². The van der Waals surface area contributed by atoms with Crippen molar-refractivity contribution in [1.29, 1.82) is 0 Å². The lowest BCUT2D eigenvalue weighted by Crippen LogP contribution is -2.48. The first-order valence-electron chi connectivity index (χ1n) is 6.47. The predicted octanol–water partition coefficient (Wildman–Crippen LogP) is 1.90. The summed E-state index contributed by atoms with van der Waals surface area (Å²) in [6.07, 6.45) is 0.304. The van der Waals surface area contributed by atoms with Gasteiger partial charge in [-0.15, -0.1) is 0 Å². The molecule has 0 N–H and O–H groups in total. The Morgan fingerprint density at radius 2 is 1.67 bits per heavy atom. The third-order valence-corrected chi connectivity index (χ3v) is 3.87. The highest BCUT2D eigenvalue weighted by Crippen LogP contribution is 2.63. The monoisotopic (exact) mass is 291 g/mol. The Kier molecular flexibility index (Phi) is 2.60. The zero-order valence-electron chi connectivity index (χ0n) is 11.5. The number of rotatable bonds is 2. The van der Waals surface area contributed by atoms with Gasteiger partial charge in [-0.25, -0.2) is 0 Å². The van der Waals surface area contributed by atoms with Crippen molar-refractivity contribution in [3.63, 3.8) is 0 Å². The van der Waals surface area contributed by atoms with E-state index in [1.807, 2.05) is 0 Å². The van der Waals surface area contributed by atoms with E-state index in [9.17, 15) is 19.7 Å². The van der Waals surface area contributed by atoms with Gasteiger partial charge in [-0.1, -0.05) is 12.1 Å². The van der Waals surface area contributed by atoms with E-state index < -0.39 is 28.1 Å². The Bertz CT molecular complexity index is 628. The number of ether oxygens (including phenoxy) is 2. The SMILES string of the molecule is CC1(C)OC(=O)C2(CC2c2ccc([N+](=O)[O-])cc2)C(=O)O1. The van der Waals surface area contributed by atoms with E-state index in [1.54, 1.807) is 12.1 Å². The van der Waals surface area contributed by atoms with Gasteiger partial charge in [0.2, 0.25) is 0 Å². The fraction of sp³-hybridized carbons (Fsp3) is 0.429. The van der Waals surface area contributed by atoms with Crippen LogP contribution >= 0.6 is 0 Å². The molecule has 1 aliphatic carbocycles. The molecule has 1 atom stereocenters. The van der Waals surface area contributed by atoms with Gasteiger partial charge in [0.05, 0.1) is 4.92 Å². The molecule has 1 aliphatic heterocycles. The first-order valence-corrected chi connectivity index (χ1v) is 6.47. The Hall–Kier alpha value is -2.44. The van der Waals surface area contributed by atoms with E-state index >= 15 is 0 Å². The van der Waals surface area contributed by atoms with Crippen molar-refractivity contribution < 1.29 is 24.0 Å². The van der Waals surface area contributed by atoms with Crippen LogP contribution in [-0.4, -0.2) is 22.6 Å². The van der Waals surface area contributed by atoms with Gasteiger partial charge in [0.15, 0.2) is 5.41 Å². The molecule has 110 valence electrons. The molecular weight excluding hydrogens is 278 g/mol. The van der Waals surface area contributed by atoms with Crippen molar-refractivity contribution in [3.05, 3.63) is 39.9 Å². The number of hydrogen-bond acceptors (Lipinski definition) is 6. The van der Waals surface area contributed by atoms with E-state index in [0.717, 1.165) is 0 Å². The van der Waals surface area contributed by atoms with Gasteiger partial charge in [0.25, 0.3) is 11.5 Å². The third kappa shape index (κ3) is 1.96. The Morgan fingerprint density at radius 1 is 1.14 bits per heavy atom. The van der Waals surface area contributed by atoms with Crippen LogP contribution in [0.5, 0.6) is 0 Å². The van der Waals surface area contributed by atoms with Crippen LogP contribution < -0.4 is 0 Å². The molecule has 0 amide bonds. The molecule has 7 heteroatoms. The fourth-order valence-electron chi connectivity index (χ4n) is 2.68. The van der Waals surface area contributed by atoms with Crippen molar-refractivity contribution >= 4 is 17.6 Å². The molecule has 1 heterocycles. The van der Waals surface area contributed by atoms with Crippen LogP contribution in [0, 0.1) is 15.5 Å². The summed E-state index contributed by atoms with van der Waals surface area (Å²) < 4.78 is 10.3. The fourth-order valence-corrected chi connectivity index (χ4v) is 2.68. The molecule has 1 saturated carbocycles. The summed E-state index contributed by atoms with van der Waals surface area (Å²) in [5.74, 6) is -2.78. The molecule has 2 fully saturated rings. The molecule has 1 unspecified atom stereocenters. The average molecular weight is 291 g/mol. The molecule has 0 aromatic heterocycles. The number of benzene rings is 1. The maximum atomic E-state index is 12.1. The minimum absolute atomic E-state index is 0.0385. The summed E-state index contributed by atoms with van der Waals surface area (Å²) in [7, 11) is 0. The summed E-state index contributed by atoms with van der Waals surface area (Å²) in [4.78, 5) is 34.4. The number of carbonyl (C=O) groups is 2. The zero-order chi connectivity index (χ0) is 15.4. The van der Waals surface area contributed by atoms with Gasteiger partial charge in [-0.05, 0) is 12.0 Å². The Labute approximate surface area is 120 Å². The minimum atomic E-state index is -1.29. The minimum Gasteiger partial charge on any atom is -0.422 e. The summed E-state index contributed by atoms with van der Waals surface area (Å²) in [6.45, 7) is 3.00. The molecule has 2 aliphatic rings. The third-order valence-electron chi connectivity index (χ3n) is 3.87. The van der Waals surface area contributed by atoms with Crippen molar-refractivity contribution in [2.24, 2.45) is 5.41 Å². The molecule has 7 nitrogen and oxygen atoms in total. The van der Waals surface area contributed by atoms with E-state index in [0.29, 0.717) is 12.0 Å². The number of nitro benzene ring substituents is 1. The maximum Gasteiger partial charge on any atom is 0.327 e. The number of esters is 2. The Balaban J connectivity index is 1.86. The van der Waals surface area contributed by atoms with Crippen molar-refractivity contribution in [2.75, 3.05) is 0 Å². The van der Waals surface area contributed by atoms with Crippen LogP contribution in [0.2, 0.25) is 0 Å². The lowest BCUT2D eigenvalue weighted by molar-refractivity contribution is -0.384. The highest BCUT2D eigenvalue weighted by Gasteiger charge is 2.72. The highest BCUT2D eigenvalue weighted by molar-refractivity contribution is 6.06. The van der Waals surface area contributed by atoms with E-state index in [2.05, 4.69) is 0 Å². The molecule has 3 rings (SSSR count). The normalized spacial score (nSPS) is 25.1. The van der Waals surface area contributed by atoms with Gasteiger partial charge < -0.3 is 9.47 Å². The van der Waals surface area contributed by atoms with Crippen LogP contribution in [0.25, 0.3) is 0 Å². The predicted molar refractivity (Wildman–Crippen MR) is 69.2 cm³/mol. The summed E-state index contributed by atoms with van der Waals surface area (Å²) >= 11 is 0. The first-order chi connectivity index (χ1) is 9.76. The standard InChI is InChI=1S/C14H13NO6/c1-13(2)20-11(16)14(12(17)21-13)7-10(14)8-3-5-9(6-4-8)15(18)19/h3-6,10H,7H2,1-2H3. The van der Waals surface area contributed by atoms with Crippen LogP contribution in [0.3, 0.4) is 0 Å². The molecule has 21 heavy (non-hydrogen) atoms. The highest BCUT2D eigenvalue weighted by atomic mass is 16.7. The topological polar surface area (TPSA) is 95.7 Å². The van der Waals surface area contributed by atoms with Gasteiger partial charge in [-0.3, -0.25) is 19.7 Å². The second-order valence-electron chi connectivity index (χ2n) is 5.76. The van der Waals surface area contributed by atoms with Crippen molar-refractivity contribution in [3.8, 4) is 0 Å². The summed E-state index contributed by atoms with van der Waals surface area (Å²) in [5, 5.41) is 10.6. The van der Waals surface area contributed by atoms with Crippen LogP contribution in [0.15, 0.2) is 24.3 Å². The van der Waals surface area contributed by atoms with Crippen LogP contribution in [-0.2, 0) is 19.1 Å². The lowest BCUT2D eigenvalue weighted by Gasteiger charge is -2.33. The van der Waals surface area contributed by atoms with Crippen molar-refractivity contribution in [1.82, 2.24) is 0 Å². The van der Waals surface area contributed by atoms with E-state index in [-0.39, 0.29) is 11.6 Å². The number of nitro groups is 1. The summed E-state index contributed by atoms with van der Waals surface area (Å²) in [6, 6.07) is 5.81. The Morgan fingerprint density at radius 3 is 2.14 bits per heavy atom. The van der Waals surface area contributed by atoms with Gasteiger partial charge in [-0.2, -0.15) is 0 Å². The number of nitrogens with zero attached hydrogens (tertiary/aromatic N) is 1. The molecular formula is C14H13NO6. The van der Waals surface area contributed by atoms with Crippen molar-refractivity contribution in [2.45, 2.75) is 32.0 Å². The van der Waals surface area contributed by atoms with E-state index in [4.69, 9.17) is 9.47 Å². The lowest BCUT2D eigenvalue weighted by atomic mass is 9.97. The van der Waals surface area contributed by atoms with Crippen LogP contribution in [0.4, 0.5) is 5.69 Å². The van der Waals surface area contributed by atoms with E-state index in [1.165, 1.54) is 26.0 Å². The largest absolute Gasteiger partial charge is 0.422 e. The average Bonchev–Trinajstić information content (AvgIpc) is 3.12. The van der Waals surface area contributed by atoms with Gasteiger partial charge >= 0.3 is 11.9 Å². The molecule has 0 radical (unpaired) electrons. The number of cyclic esters (lactones) is 2.